The molecular formula is C54H58F4N12O5S. The first-order valence-corrected chi connectivity index (χ1v) is 26.3. The molecule has 0 saturated carbocycles. The lowest BCUT2D eigenvalue weighted by Gasteiger charge is -2.31. The minimum absolute atomic E-state index is 0.0332. The molecule has 6 amide bonds. The van der Waals surface area contributed by atoms with Crippen molar-refractivity contribution in [2.75, 3.05) is 41.0 Å². The highest BCUT2D eigenvalue weighted by atomic mass is 32.2. The fraction of sp³-hybridized carbons (Fsp3) is 0.333. The Morgan fingerprint density at radius 1 is 0.697 bits per heavy atom. The van der Waals surface area contributed by atoms with E-state index in [4.69, 9.17) is 4.98 Å². The van der Waals surface area contributed by atoms with Crippen LogP contribution in [-0.2, 0) is 23.9 Å². The summed E-state index contributed by atoms with van der Waals surface area (Å²) in [7, 11) is -1.68. The summed E-state index contributed by atoms with van der Waals surface area (Å²) in [6.07, 6.45) is 3.49. The maximum Gasteiger partial charge on any atom is 0.328 e. The molecule has 5 heterocycles. The number of carbonyl (C=O) groups is 4. The van der Waals surface area contributed by atoms with Crippen LogP contribution in [-0.4, -0.2) is 96.9 Å². The number of rotatable bonds is 13. The van der Waals surface area contributed by atoms with Gasteiger partial charge >= 0.3 is 12.1 Å². The largest absolute Gasteiger partial charge is 0.353 e. The molecule has 9 rings (SSSR count). The summed E-state index contributed by atoms with van der Waals surface area (Å²) in [5.74, 6) is -3.99. The minimum Gasteiger partial charge on any atom is -0.353 e. The van der Waals surface area contributed by atoms with Crippen molar-refractivity contribution >= 4 is 63.6 Å². The van der Waals surface area contributed by atoms with Gasteiger partial charge in [-0.2, -0.15) is 4.98 Å². The molecule has 5 N–H and O–H groups in total. The number of hydrogen-bond donors (Lipinski definition) is 5. The van der Waals surface area contributed by atoms with E-state index in [9.17, 15) is 32.2 Å². The van der Waals surface area contributed by atoms with Crippen molar-refractivity contribution in [1.29, 1.82) is 0 Å². The van der Waals surface area contributed by atoms with Crippen molar-refractivity contribution in [3.63, 3.8) is 0 Å². The first-order valence-electron chi connectivity index (χ1n) is 24.8. The fourth-order valence-electron chi connectivity index (χ4n) is 9.25. The van der Waals surface area contributed by atoms with Gasteiger partial charge < -0.3 is 26.6 Å². The molecule has 2 atom stereocenters. The Balaban J connectivity index is 0.000000204. The average molecular weight is 1060 g/mol. The van der Waals surface area contributed by atoms with Crippen LogP contribution in [0.1, 0.15) is 90.4 Å². The SMILES string of the molecule is CCN1CCCC1CNc1nc(-c2cc(C(=O)NC(C)C)ccc2C)c2c(n1)N(c1c(F)cccc1F)C(=O)NC2.Cc1ccc(C(=O)NC(C)C)cc1-c1nc(S(C)=O)nc2c1CNC(=O)N2c1c(F)cccc1F. The topological polar surface area (TPSA) is 207 Å². The van der Waals surface area contributed by atoms with Crippen molar-refractivity contribution in [1.82, 2.24) is 46.1 Å². The highest BCUT2D eigenvalue weighted by Crippen LogP contribution is 2.41. The van der Waals surface area contributed by atoms with Crippen LogP contribution in [0.3, 0.4) is 0 Å². The van der Waals surface area contributed by atoms with E-state index in [1.165, 1.54) is 18.4 Å². The Morgan fingerprint density at radius 3 is 1.61 bits per heavy atom. The van der Waals surface area contributed by atoms with Gasteiger partial charge in [0, 0.05) is 64.3 Å². The summed E-state index contributed by atoms with van der Waals surface area (Å²) in [6.45, 7) is 15.8. The second kappa shape index (κ2) is 23.0. The molecule has 0 bridgehead atoms. The zero-order chi connectivity index (χ0) is 54.7. The maximum atomic E-state index is 15.0. The Morgan fingerprint density at radius 2 is 1.16 bits per heavy atom. The lowest BCUT2D eigenvalue weighted by atomic mass is 9.97. The number of hydrogen-bond acceptors (Lipinski definition) is 11. The fourth-order valence-corrected chi connectivity index (χ4v) is 9.69. The van der Waals surface area contributed by atoms with Gasteiger partial charge in [0.25, 0.3) is 11.8 Å². The van der Waals surface area contributed by atoms with E-state index in [0.717, 1.165) is 71.1 Å². The predicted molar refractivity (Wildman–Crippen MR) is 282 cm³/mol. The summed E-state index contributed by atoms with van der Waals surface area (Å²) in [6, 6.07) is 15.7. The molecule has 0 radical (unpaired) electrons. The molecule has 17 nitrogen and oxygen atoms in total. The van der Waals surface area contributed by atoms with E-state index in [1.807, 2.05) is 47.6 Å². The highest BCUT2D eigenvalue weighted by molar-refractivity contribution is 7.84. The van der Waals surface area contributed by atoms with Crippen molar-refractivity contribution in [2.24, 2.45) is 0 Å². The minimum atomic E-state index is -1.68. The first-order chi connectivity index (χ1) is 36.3. The van der Waals surface area contributed by atoms with E-state index in [-0.39, 0.29) is 65.8 Å². The number of fused-ring (bicyclic) bond motifs is 2. The molecule has 4 aromatic carbocycles. The van der Waals surface area contributed by atoms with Crippen molar-refractivity contribution < 1.29 is 40.9 Å². The molecular weight excluding hydrogens is 1000 g/mol. The third kappa shape index (κ3) is 11.4. The molecule has 1 saturated heterocycles. The lowest BCUT2D eigenvalue weighted by molar-refractivity contribution is 0.0934. The number of benzene rings is 4. The number of aryl methyl sites for hydroxylation is 2. The van der Waals surface area contributed by atoms with Crippen LogP contribution < -0.4 is 36.4 Å². The summed E-state index contributed by atoms with van der Waals surface area (Å²) < 4.78 is 71.8. The number of urea groups is 2. The number of amides is 6. The molecule has 1 fully saturated rings. The number of anilines is 5. The molecule has 2 aromatic heterocycles. The third-order valence-corrected chi connectivity index (χ3v) is 13.6. The summed E-state index contributed by atoms with van der Waals surface area (Å²) >= 11 is 0. The number of aromatic nitrogens is 4. The molecule has 0 aliphatic carbocycles. The summed E-state index contributed by atoms with van der Waals surface area (Å²) in [5, 5.41) is 14.2. The van der Waals surface area contributed by atoms with E-state index >= 15 is 8.78 Å². The number of halogens is 4. The number of para-hydroxylation sites is 2. The van der Waals surface area contributed by atoms with Crippen LogP contribution in [0.5, 0.6) is 0 Å². The maximum absolute atomic E-state index is 15.0. The highest BCUT2D eigenvalue weighted by Gasteiger charge is 2.37. The van der Waals surface area contributed by atoms with Gasteiger partial charge in [0.15, 0.2) is 11.6 Å². The van der Waals surface area contributed by atoms with E-state index < -0.39 is 57.5 Å². The molecule has 398 valence electrons. The zero-order valence-electron chi connectivity index (χ0n) is 43.2. The van der Waals surface area contributed by atoms with Crippen LogP contribution in [0.4, 0.5) is 56.1 Å². The second-order valence-electron chi connectivity index (χ2n) is 19.1. The van der Waals surface area contributed by atoms with Gasteiger partial charge in [-0.1, -0.05) is 31.2 Å². The quantitative estimate of drug-likeness (QED) is 0.0545. The number of nitrogens with one attached hydrogen (secondary N) is 5. The smallest absolute Gasteiger partial charge is 0.328 e. The molecule has 3 aliphatic heterocycles. The van der Waals surface area contributed by atoms with Crippen molar-refractivity contribution in [3.05, 3.63) is 129 Å². The normalized spacial score (nSPS) is 15.6. The average Bonchev–Trinajstić information content (AvgIpc) is 3.85. The van der Waals surface area contributed by atoms with Crippen LogP contribution in [0, 0.1) is 37.1 Å². The lowest BCUT2D eigenvalue weighted by Crippen LogP contribution is -2.43. The van der Waals surface area contributed by atoms with Gasteiger partial charge in [0.05, 0.1) is 35.3 Å². The third-order valence-electron chi connectivity index (χ3n) is 12.9. The number of nitrogens with zero attached hydrogens (tertiary/aromatic N) is 7. The Bertz CT molecular complexity index is 3250. The molecule has 76 heavy (non-hydrogen) atoms. The Hall–Kier alpha value is -7.85. The number of likely N-dealkylation sites (tertiary alicyclic amines) is 1. The van der Waals surface area contributed by atoms with Crippen molar-refractivity contribution in [3.8, 4) is 22.5 Å². The van der Waals surface area contributed by atoms with Crippen LogP contribution in [0.2, 0.25) is 0 Å². The number of carbonyl (C=O) groups excluding carboxylic acids is 4. The van der Waals surface area contributed by atoms with Gasteiger partial charge in [-0.25, -0.2) is 51.9 Å². The van der Waals surface area contributed by atoms with E-state index in [0.29, 0.717) is 51.3 Å². The molecule has 0 spiro atoms. The Kier molecular flexibility index (Phi) is 16.4. The summed E-state index contributed by atoms with van der Waals surface area (Å²) in [4.78, 5) is 73.7. The van der Waals surface area contributed by atoms with E-state index in [2.05, 4.69) is 53.4 Å². The van der Waals surface area contributed by atoms with Crippen LogP contribution >= 0.6 is 0 Å². The molecule has 2 unspecified atom stereocenters. The summed E-state index contributed by atoms with van der Waals surface area (Å²) in [5.41, 5.74) is 4.11. The van der Waals surface area contributed by atoms with Crippen molar-refractivity contribution in [2.45, 2.75) is 97.7 Å². The van der Waals surface area contributed by atoms with Gasteiger partial charge in [0.2, 0.25) is 11.1 Å². The molecule has 3 aliphatic rings. The zero-order valence-corrected chi connectivity index (χ0v) is 44.0. The first kappa shape index (κ1) is 54.4. The Labute approximate surface area is 439 Å². The van der Waals surface area contributed by atoms with Crippen LogP contribution in [0.25, 0.3) is 22.5 Å². The standard InChI is InChI=1S/C30H35F2N7O2.C24H23F2N5O3S/c1-5-38-13-7-8-20(38)15-33-29-36-25(21-14-19(12-11-18(21)4)28(40)35-17(2)3)22-16-34-30(41)39(27(22)37-29)26-23(31)9-6-10-24(26)32;1-12(2)28-22(32)14-9-8-13(3)15(10-14)19-16-11-27-24(33)31(20-17(25)6-5-7-18(20)26)21(16)30-23(29-19)35(4)34/h6,9-12,14,17,20H,5,7-8,13,15-16H2,1-4H3,(H,34,41)(H,35,40)(H,33,36,37);5-10,12H,11H2,1-4H3,(H,27,33)(H,28,32). The molecule has 6 aromatic rings. The van der Waals surface area contributed by atoms with Crippen LogP contribution in [0.15, 0.2) is 78.0 Å². The van der Waals surface area contributed by atoms with Gasteiger partial charge in [-0.3, -0.25) is 18.7 Å². The molecule has 22 heteroatoms. The van der Waals surface area contributed by atoms with Gasteiger partial charge in [-0.05, 0) is 127 Å². The number of likely N-dealkylation sites (N-methyl/N-ethyl adjacent to an activating group) is 1. The predicted octanol–water partition coefficient (Wildman–Crippen LogP) is 9.09. The van der Waals surface area contributed by atoms with E-state index in [1.54, 1.807) is 30.3 Å². The van der Waals surface area contributed by atoms with Gasteiger partial charge in [0.1, 0.15) is 34.6 Å². The second-order valence-corrected chi connectivity index (χ2v) is 20.3. The monoisotopic (exact) mass is 1060 g/mol. The van der Waals surface area contributed by atoms with Gasteiger partial charge in [-0.15, -0.1) is 0 Å².